The fourth-order valence-corrected chi connectivity index (χ4v) is 3.27. The highest BCUT2D eigenvalue weighted by Gasteiger charge is 2.20. The molecule has 94 valence electrons. The molecule has 2 unspecified atom stereocenters. The van der Waals surface area contributed by atoms with Crippen molar-refractivity contribution in [2.45, 2.75) is 45.2 Å². The quantitative estimate of drug-likeness (QED) is 0.847. The summed E-state index contributed by atoms with van der Waals surface area (Å²) in [6.07, 6.45) is 5.40. The third-order valence-electron chi connectivity index (χ3n) is 3.68. The fourth-order valence-electron chi connectivity index (χ4n) is 2.53. The highest BCUT2D eigenvalue weighted by atomic mass is 79.9. The molecule has 3 heteroatoms. The summed E-state index contributed by atoms with van der Waals surface area (Å²) >= 11 is 9.64. The molecule has 0 amide bonds. The van der Waals surface area contributed by atoms with E-state index in [1.54, 1.807) is 0 Å². The molecule has 0 saturated heterocycles. The molecule has 0 heterocycles. The van der Waals surface area contributed by atoms with Gasteiger partial charge in [-0.3, -0.25) is 0 Å². The first-order valence-electron chi connectivity index (χ1n) is 6.34. The molecule has 1 N–H and O–H groups in total. The third kappa shape index (κ3) is 3.70. The van der Waals surface area contributed by atoms with E-state index >= 15 is 0 Å². The minimum absolute atomic E-state index is 0.656. The van der Waals surface area contributed by atoms with Crippen molar-refractivity contribution in [3.63, 3.8) is 0 Å². The van der Waals surface area contributed by atoms with Crippen LogP contribution in [0.15, 0.2) is 22.7 Å². The van der Waals surface area contributed by atoms with Crippen LogP contribution in [0.5, 0.6) is 0 Å². The van der Waals surface area contributed by atoms with E-state index in [4.69, 9.17) is 11.6 Å². The number of benzene rings is 1. The van der Waals surface area contributed by atoms with Gasteiger partial charge in [-0.25, -0.2) is 0 Å². The van der Waals surface area contributed by atoms with Gasteiger partial charge in [0.05, 0.1) is 0 Å². The van der Waals surface area contributed by atoms with Crippen LogP contribution in [0, 0.1) is 5.92 Å². The molecule has 0 radical (unpaired) electrons. The third-order valence-corrected chi connectivity index (χ3v) is 4.53. The molecule has 0 aliphatic heterocycles. The molecule has 0 bridgehead atoms. The molecular formula is C14H19BrClN. The second-order valence-electron chi connectivity index (χ2n) is 4.98. The van der Waals surface area contributed by atoms with Gasteiger partial charge >= 0.3 is 0 Å². The molecule has 0 aromatic heterocycles. The molecule has 1 aromatic carbocycles. The van der Waals surface area contributed by atoms with Gasteiger partial charge in [-0.2, -0.15) is 0 Å². The first-order valence-corrected chi connectivity index (χ1v) is 7.51. The van der Waals surface area contributed by atoms with Crippen LogP contribution >= 0.6 is 27.5 Å². The van der Waals surface area contributed by atoms with Crippen LogP contribution in [0.2, 0.25) is 5.02 Å². The summed E-state index contributed by atoms with van der Waals surface area (Å²) in [5.41, 5.74) is 1.19. The van der Waals surface area contributed by atoms with Crippen LogP contribution in [-0.2, 0) is 6.54 Å². The average molecular weight is 317 g/mol. The van der Waals surface area contributed by atoms with Crippen LogP contribution in [0.1, 0.15) is 38.2 Å². The highest BCUT2D eigenvalue weighted by Crippen LogP contribution is 2.25. The SMILES string of the molecule is CC1CCCCC1NCc1ccc(Br)cc1Cl. The van der Waals surface area contributed by atoms with Crippen molar-refractivity contribution in [2.75, 3.05) is 0 Å². The maximum atomic E-state index is 6.21. The van der Waals surface area contributed by atoms with Gasteiger partial charge in [0.25, 0.3) is 0 Å². The van der Waals surface area contributed by atoms with E-state index in [1.165, 1.54) is 31.2 Å². The number of halogens is 2. The van der Waals surface area contributed by atoms with Gasteiger partial charge in [0.2, 0.25) is 0 Å². The maximum absolute atomic E-state index is 6.21. The molecule has 1 aliphatic carbocycles. The molecule has 1 aromatic rings. The normalized spacial score (nSPS) is 24.9. The second kappa shape index (κ2) is 6.21. The molecule has 1 nitrogen and oxygen atoms in total. The Labute approximate surface area is 117 Å². The average Bonchev–Trinajstić information content (AvgIpc) is 2.30. The van der Waals surface area contributed by atoms with E-state index in [9.17, 15) is 0 Å². The first kappa shape index (κ1) is 13.4. The van der Waals surface area contributed by atoms with Crippen LogP contribution < -0.4 is 5.32 Å². The van der Waals surface area contributed by atoms with Crippen LogP contribution in [0.25, 0.3) is 0 Å². The monoisotopic (exact) mass is 315 g/mol. The van der Waals surface area contributed by atoms with Gasteiger partial charge in [0, 0.05) is 22.1 Å². The standard InChI is InChI=1S/C14H19BrClN/c1-10-4-2-3-5-14(10)17-9-11-6-7-12(15)8-13(11)16/h6-8,10,14,17H,2-5,9H2,1H3. The lowest BCUT2D eigenvalue weighted by Gasteiger charge is -2.29. The van der Waals surface area contributed by atoms with E-state index in [-0.39, 0.29) is 0 Å². The largest absolute Gasteiger partial charge is 0.310 e. The van der Waals surface area contributed by atoms with Crippen molar-refractivity contribution < 1.29 is 0 Å². The first-order chi connectivity index (χ1) is 8.16. The van der Waals surface area contributed by atoms with Crippen molar-refractivity contribution in [3.8, 4) is 0 Å². The Bertz CT molecular complexity index is 380. The van der Waals surface area contributed by atoms with E-state index in [1.807, 2.05) is 12.1 Å². The Morgan fingerprint density at radius 1 is 1.35 bits per heavy atom. The van der Waals surface area contributed by atoms with E-state index in [0.29, 0.717) is 6.04 Å². The van der Waals surface area contributed by atoms with E-state index in [0.717, 1.165) is 22.0 Å². The molecule has 1 aliphatic rings. The van der Waals surface area contributed by atoms with Crippen molar-refractivity contribution in [1.29, 1.82) is 0 Å². The van der Waals surface area contributed by atoms with E-state index in [2.05, 4.69) is 34.2 Å². The zero-order valence-electron chi connectivity index (χ0n) is 10.2. The highest BCUT2D eigenvalue weighted by molar-refractivity contribution is 9.10. The molecule has 2 atom stereocenters. The lowest BCUT2D eigenvalue weighted by atomic mass is 9.86. The molecule has 1 fully saturated rings. The lowest BCUT2D eigenvalue weighted by molar-refractivity contribution is 0.279. The summed E-state index contributed by atoms with van der Waals surface area (Å²) in [5, 5.41) is 4.49. The Hall–Kier alpha value is -0.0500. The molecule has 2 rings (SSSR count). The molecule has 1 saturated carbocycles. The molecule has 17 heavy (non-hydrogen) atoms. The topological polar surface area (TPSA) is 12.0 Å². The summed E-state index contributed by atoms with van der Waals surface area (Å²) < 4.78 is 1.04. The zero-order chi connectivity index (χ0) is 12.3. The zero-order valence-corrected chi connectivity index (χ0v) is 12.5. The van der Waals surface area contributed by atoms with Crippen molar-refractivity contribution in [2.24, 2.45) is 5.92 Å². The number of rotatable bonds is 3. The summed E-state index contributed by atoms with van der Waals surface area (Å²) in [5.74, 6) is 0.790. The van der Waals surface area contributed by atoms with Crippen molar-refractivity contribution >= 4 is 27.5 Å². The smallest absolute Gasteiger partial charge is 0.0462 e. The molecule has 0 spiro atoms. The van der Waals surface area contributed by atoms with Crippen LogP contribution in [-0.4, -0.2) is 6.04 Å². The Kier molecular flexibility index (Phi) is 4.89. The van der Waals surface area contributed by atoms with Gasteiger partial charge < -0.3 is 5.32 Å². The summed E-state index contributed by atoms with van der Waals surface area (Å²) in [6.45, 7) is 3.22. The van der Waals surface area contributed by atoms with Gasteiger partial charge in [-0.15, -0.1) is 0 Å². The fraction of sp³-hybridized carbons (Fsp3) is 0.571. The van der Waals surface area contributed by atoms with Crippen LogP contribution in [0.4, 0.5) is 0 Å². The van der Waals surface area contributed by atoms with Crippen molar-refractivity contribution in [1.82, 2.24) is 5.32 Å². The van der Waals surface area contributed by atoms with Gasteiger partial charge in [-0.05, 0) is 36.5 Å². The summed E-state index contributed by atoms with van der Waals surface area (Å²) in [6, 6.07) is 6.76. The minimum atomic E-state index is 0.656. The second-order valence-corrected chi connectivity index (χ2v) is 6.31. The minimum Gasteiger partial charge on any atom is -0.310 e. The van der Waals surface area contributed by atoms with E-state index < -0.39 is 0 Å². The van der Waals surface area contributed by atoms with Crippen molar-refractivity contribution in [3.05, 3.63) is 33.3 Å². The number of hydrogen-bond acceptors (Lipinski definition) is 1. The summed E-state index contributed by atoms with van der Waals surface area (Å²) in [4.78, 5) is 0. The Morgan fingerprint density at radius 3 is 2.82 bits per heavy atom. The maximum Gasteiger partial charge on any atom is 0.0462 e. The number of hydrogen-bond donors (Lipinski definition) is 1. The molecular weight excluding hydrogens is 298 g/mol. The predicted octanol–water partition coefficient (Wildman–Crippen LogP) is 4.77. The lowest BCUT2D eigenvalue weighted by Crippen LogP contribution is -2.36. The van der Waals surface area contributed by atoms with Gasteiger partial charge in [-0.1, -0.05) is 53.4 Å². The summed E-state index contributed by atoms with van der Waals surface area (Å²) in [7, 11) is 0. The Morgan fingerprint density at radius 2 is 2.12 bits per heavy atom. The van der Waals surface area contributed by atoms with Gasteiger partial charge in [0.15, 0.2) is 0 Å². The number of nitrogens with one attached hydrogen (secondary N) is 1. The van der Waals surface area contributed by atoms with Gasteiger partial charge in [0.1, 0.15) is 0 Å². The van der Waals surface area contributed by atoms with Crippen LogP contribution in [0.3, 0.4) is 0 Å². The Balaban J connectivity index is 1.92. The predicted molar refractivity (Wildman–Crippen MR) is 77.4 cm³/mol.